The molecular weight excluding hydrogens is 546 g/mol. The van der Waals surface area contributed by atoms with Crippen molar-refractivity contribution in [3.63, 3.8) is 0 Å². The molecular formula is C30H26F6N4O. The van der Waals surface area contributed by atoms with Crippen LogP contribution in [0.4, 0.5) is 26.3 Å². The molecule has 0 saturated heterocycles. The average molecular weight is 573 g/mol. The normalized spacial score (nSPS) is 14.0. The number of pyridine rings is 1. The predicted octanol–water partition coefficient (Wildman–Crippen LogP) is 6.67. The van der Waals surface area contributed by atoms with Crippen molar-refractivity contribution in [2.45, 2.75) is 57.8 Å². The van der Waals surface area contributed by atoms with E-state index in [0.29, 0.717) is 47.3 Å². The number of amides is 1. The van der Waals surface area contributed by atoms with E-state index in [1.807, 2.05) is 0 Å². The van der Waals surface area contributed by atoms with Gasteiger partial charge >= 0.3 is 6.18 Å². The average Bonchev–Trinajstić information content (AvgIpc) is 3.28. The zero-order chi connectivity index (χ0) is 29.3. The Balaban J connectivity index is 1.50. The van der Waals surface area contributed by atoms with Crippen LogP contribution in [0.3, 0.4) is 0 Å². The predicted molar refractivity (Wildman–Crippen MR) is 139 cm³/mol. The number of hydrogen-bond acceptors (Lipinski definition) is 3. The summed E-state index contributed by atoms with van der Waals surface area (Å²) in [4.78, 5) is 17.8. The van der Waals surface area contributed by atoms with E-state index in [4.69, 9.17) is 0 Å². The van der Waals surface area contributed by atoms with Gasteiger partial charge in [-0.15, -0.1) is 0 Å². The van der Waals surface area contributed by atoms with Crippen LogP contribution in [0.1, 0.15) is 52.7 Å². The molecule has 0 aliphatic heterocycles. The van der Waals surface area contributed by atoms with Gasteiger partial charge in [-0.2, -0.15) is 18.3 Å². The van der Waals surface area contributed by atoms with Crippen LogP contribution in [0.15, 0.2) is 54.7 Å². The second-order valence-electron chi connectivity index (χ2n) is 10.1. The minimum absolute atomic E-state index is 0.0738. The van der Waals surface area contributed by atoms with Crippen LogP contribution in [0.25, 0.3) is 11.1 Å². The molecule has 0 radical (unpaired) electrons. The molecule has 1 unspecified atom stereocenters. The molecule has 4 aromatic rings. The summed E-state index contributed by atoms with van der Waals surface area (Å²) in [6.45, 7) is 1.12. The van der Waals surface area contributed by atoms with Gasteiger partial charge in [0.15, 0.2) is 5.69 Å². The first-order valence-corrected chi connectivity index (χ1v) is 13.1. The van der Waals surface area contributed by atoms with E-state index in [1.54, 1.807) is 31.2 Å². The molecule has 0 saturated carbocycles. The highest BCUT2D eigenvalue weighted by Gasteiger charge is 2.39. The van der Waals surface area contributed by atoms with E-state index in [2.05, 4.69) is 15.4 Å². The zero-order valence-electron chi connectivity index (χ0n) is 22.0. The molecule has 0 spiro atoms. The van der Waals surface area contributed by atoms with Crippen LogP contribution in [0.2, 0.25) is 0 Å². The number of alkyl halides is 3. The summed E-state index contributed by atoms with van der Waals surface area (Å²) in [7, 11) is 0. The van der Waals surface area contributed by atoms with Crippen molar-refractivity contribution in [1.29, 1.82) is 0 Å². The van der Waals surface area contributed by atoms with Gasteiger partial charge in [-0.3, -0.25) is 14.5 Å². The highest BCUT2D eigenvalue weighted by Crippen LogP contribution is 2.36. The fourth-order valence-electron chi connectivity index (χ4n) is 5.34. The lowest BCUT2D eigenvalue weighted by Gasteiger charge is -2.22. The first kappa shape index (κ1) is 28.4. The summed E-state index contributed by atoms with van der Waals surface area (Å²) in [6.07, 6.45) is -1.36. The summed E-state index contributed by atoms with van der Waals surface area (Å²) in [6, 6.07) is 9.91. The molecule has 0 bridgehead atoms. The third-order valence-electron chi connectivity index (χ3n) is 7.15. The summed E-state index contributed by atoms with van der Waals surface area (Å²) in [5.41, 5.74) is 1.62. The summed E-state index contributed by atoms with van der Waals surface area (Å²) < 4.78 is 84.1. The van der Waals surface area contributed by atoms with Crippen LogP contribution in [0.5, 0.6) is 0 Å². The Bertz CT molecular complexity index is 1580. The van der Waals surface area contributed by atoms with Crippen molar-refractivity contribution < 1.29 is 31.1 Å². The van der Waals surface area contributed by atoms with Gasteiger partial charge in [0.05, 0.1) is 11.7 Å². The second kappa shape index (κ2) is 11.4. The van der Waals surface area contributed by atoms with E-state index in [-0.39, 0.29) is 24.0 Å². The SMILES string of the molecule is Cc1cc(-c2cccnc2C(Cc2cc(F)cc(F)c2)NC(=O)Cn2nc(C(F)(F)F)c3c2CCCC3)ccc1F. The number of hydrogen-bond donors (Lipinski definition) is 1. The number of nitrogens with zero attached hydrogens (tertiary/aromatic N) is 3. The summed E-state index contributed by atoms with van der Waals surface area (Å²) in [5, 5.41) is 6.55. The van der Waals surface area contributed by atoms with Crippen LogP contribution in [-0.4, -0.2) is 20.7 Å². The number of aryl methyl sites for hydroxylation is 1. The molecule has 1 aliphatic rings. The van der Waals surface area contributed by atoms with E-state index in [0.717, 1.165) is 22.9 Å². The molecule has 2 heterocycles. The van der Waals surface area contributed by atoms with Gasteiger partial charge < -0.3 is 5.32 Å². The minimum atomic E-state index is -4.65. The first-order chi connectivity index (χ1) is 19.5. The van der Waals surface area contributed by atoms with Gasteiger partial charge in [-0.1, -0.05) is 12.1 Å². The lowest BCUT2D eigenvalue weighted by molar-refractivity contribution is -0.142. The quantitative estimate of drug-likeness (QED) is 0.252. The maximum atomic E-state index is 14.0. The zero-order valence-corrected chi connectivity index (χ0v) is 22.0. The van der Waals surface area contributed by atoms with Crippen molar-refractivity contribution >= 4 is 5.91 Å². The van der Waals surface area contributed by atoms with Crippen molar-refractivity contribution in [2.75, 3.05) is 0 Å². The van der Waals surface area contributed by atoms with Crippen molar-refractivity contribution in [1.82, 2.24) is 20.1 Å². The standard InChI is InChI=1S/C30H26F6N4O/c1-17-11-19(8-9-24(17)33)22-6-4-10-37-28(22)25(14-18-12-20(31)15-21(32)13-18)38-27(41)16-40-26-7-3-2-5-23(26)29(39-40)30(34,35)36/h4,6,8-13,15,25H,2-3,5,7,14,16H2,1H3,(H,38,41). The second-order valence-corrected chi connectivity index (χ2v) is 10.1. The highest BCUT2D eigenvalue weighted by molar-refractivity contribution is 5.77. The number of benzene rings is 2. The molecule has 2 aromatic heterocycles. The maximum Gasteiger partial charge on any atom is 0.435 e. The fourth-order valence-corrected chi connectivity index (χ4v) is 5.34. The van der Waals surface area contributed by atoms with E-state index in [9.17, 15) is 31.1 Å². The fraction of sp³-hybridized carbons (Fsp3) is 0.300. The molecule has 214 valence electrons. The van der Waals surface area contributed by atoms with Gasteiger partial charge in [0.25, 0.3) is 0 Å². The molecule has 11 heteroatoms. The maximum absolute atomic E-state index is 14.0. The van der Waals surface area contributed by atoms with Crippen molar-refractivity contribution in [2.24, 2.45) is 0 Å². The number of fused-ring (bicyclic) bond motifs is 1. The Morgan fingerprint density at radius 3 is 2.46 bits per heavy atom. The van der Waals surface area contributed by atoms with Gasteiger partial charge in [0.2, 0.25) is 5.91 Å². The molecule has 1 aliphatic carbocycles. The number of carbonyl (C=O) groups excluding carboxylic acids is 1. The summed E-state index contributed by atoms with van der Waals surface area (Å²) in [5.74, 6) is -2.66. The van der Waals surface area contributed by atoms with Crippen LogP contribution >= 0.6 is 0 Å². The number of nitrogens with one attached hydrogen (secondary N) is 1. The number of carbonyl (C=O) groups is 1. The van der Waals surface area contributed by atoms with Crippen molar-refractivity contribution in [3.8, 4) is 11.1 Å². The molecule has 41 heavy (non-hydrogen) atoms. The van der Waals surface area contributed by atoms with Crippen LogP contribution in [-0.2, 0) is 36.8 Å². The number of halogens is 6. The Labute approximate surface area is 232 Å². The Morgan fingerprint density at radius 2 is 1.76 bits per heavy atom. The monoisotopic (exact) mass is 572 g/mol. The van der Waals surface area contributed by atoms with Crippen LogP contribution < -0.4 is 5.32 Å². The summed E-state index contributed by atoms with van der Waals surface area (Å²) >= 11 is 0. The number of aromatic nitrogens is 3. The molecule has 0 fully saturated rings. The Morgan fingerprint density at radius 1 is 1.02 bits per heavy atom. The van der Waals surface area contributed by atoms with Crippen molar-refractivity contribution in [3.05, 3.63) is 106 Å². The van der Waals surface area contributed by atoms with Gasteiger partial charge in [-0.05, 0) is 86.1 Å². The lowest BCUT2D eigenvalue weighted by atomic mass is 9.94. The Hall–Kier alpha value is -4.15. The van der Waals surface area contributed by atoms with E-state index in [1.165, 1.54) is 12.3 Å². The lowest BCUT2D eigenvalue weighted by Crippen LogP contribution is -2.34. The smallest absolute Gasteiger partial charge is 0.346 e. The van der Waals surface area contributed by atoms with Gasteiger partial charge in [0, 0.05) is 29.1 Å². The molecule has 1 atom stereocenters. The first-order valence-electron chi connectivity index (χ1n) is 13.1. The van der Waals surface area contributed by atoms with E-state index < -0.39 is 47.8 Å². The molecule has 1 N–H and O–H groups in total. The number of rotatable bonds is 7. The van der Waals surface area contributed by atoms with Gasteiger partial charge in [-0.25, -0.2) is 13.2 Å². The molecule has 1 amide bonds. The third-order valence-corrected chi connectivity index (χ3v) is 7.15. The molecule has 2 aromatic carbocycles. The van der Waals surface area contributed by atoms with E-state index >= 15 is 0 Å². The van der Waals surface area contributed by atoms with Gasteiger partial charge in [0.1, 0.15) is 24.0 Å². The third kappa shape index (κ3) is 6.28. The highest BCUT2D eigenvalue weighted by atomic mass is 19.4. The topological polar surface area (TPSA) is 59.8 Å². The molecule has 5 nitrogen and oxygen atoms in total. The van der Waals surface area contributed by atoms with Crippen LogP contribution in [0, 0.1) is 24.4 Å². The minimum Gasteiger partial charge on any atom is -0.346 e. The largest absolute Gasteiger partial charge is 0.435 e. The Kier molecular flexibility index (Phi) is 7.88. The molecule has 5 rings (SSSR count).